The molecule has 0 saturated heterocycles. The normalized spacial score (nSPS) is 16.6. The molecule has 3 unspecified atom stereocenters. The average molecular weight is 216 g/mol. The lowest BCUT2D eigenvalue weighted by Gasteiger charge is -2.23. The van der Waals surface area contributed by atoms with Crippen LogP contribution in [0.3, 0.4) is 0 Å². The Hall–Kier alpha value is -0.870. The summed E-state index contributed by atoms with van der Waals surface area (Å²) in [7, 11) is 1.61. The van der Waals surface area contributed by atoms with Crippen molar-refractivity contribution in [3.8, 4) is 0 Å². The zero-order chi connectivity index (χ0) is 12.0. The topological polar surface area (TPSA) is 44.8 Å². The Morgan fingerprint density at radius 1 is 1.20 bits per heavy atom. The number of methoxy groups -OCH3 is 1. The molecule has 0 heterocycles. The summed E-state index contributed by atoms with van der Waals surface area (Å²) in [6, 6.07) is 0. The van der Waals surface area contributed by atoms with Crippen LogP contribution in [0.4, 0.5) is 0 Å². The molecule has 0 aromatic heterocycles. The van der Waals surface area contributed by atoms with Crippen molar-refractivity contribution in [2.75, 3.05) is 7.11 Å². The molecular formula is C11H20O4. The van der Waals surface area contributed by atoms with E-state index in [4.69, 9.17) is 14.2 Å². The number of carbonyl (C=O) groups is 1. The minimum absolute atomic E-state index is 0.0454. The minimum atomic E-state index is -0.596. The molecule has 0 saturated carbocycles. The predicted molar refractivity (Wildman–Crippen MR) is 57.4 cm³/mol. The number of hydrogen-bond donors (Lipinski definition) is 0. The van der Waals surface area contributed by atoms with Gasteiger partial charge in [-0.05, 0) is 27.7 Å². The Bertz CT molecular complexity index is 225. The summed E-state index contributed by atoms with van der Waals surface area (Å²) >= 11 is 0. The maximum Gasteiger partial charge on any atom is 0.335 e. The van der Waals surface area contributed by atoms with Crippen molar-refractivity contribution in [3.05, 3.63) is 12.2 Å². The summed E-state index contributed by atoms with van der Waals surface area (Å²) in [5.74, 6) is -0.445. The highest BCUT2D eigenvalue weighted by Crippen LogP contribution is 2.07. The zero-order valence-corrected chi connectivity index (χ0v) is 10.1. The van der Waals surface area contributed by atoms with E-state index in [9.17, 15) is 4.79 Å². The highest BCUT2D eigenvalue weighted by atomic mass is 16.7. The van der Waals surface area contributed by atoms with E-state index in [-0.39, 0.29) is 12.2 Å². The third-order valence-electron chi connectivity index (χ3n) is 2.06. The van der Waals surface area contributed by atoms with E-state index in [0.29, 0.717) is 5.57 Å². The lowest BCUT2D eigenvalue weighted by Crippen LogP contribution is -2.31. The Kier molecular flexibility index (Phi) is 6.20. The van der Waals surface area contributed by atoms with E-state index in [1.807, 2.05) is 13.8 Å². The van der Waals surface area contributed by atoms with Gasteiger partial charge in [0, 0.05) is 12.7 Å². The van der Waals surface area contributed by atoms with Gasteiger partial charge >= 0.3 is 5.97 Å². The van der Waals surface area contributed by atoms with Gasteiger partial charge in [-0.2, -0.15) is 0 Å². The van der Waals surface area contributed by atoms with Gasteiger partial charge in [0.1, 0.15) is 0 Å². The molecule has 0 spiro atoms. The Morgan fingerprint density at radius 3 is 2.13 bits per heavy atom. The first kappa shape index (κ1) is 14.1. The molecule has 0 fully saturated rings. The van der Waals surface area contributed by atoms with Crippen molar-refractivity contribution in [1.29, 1.82) is 0 Å². The van der Waals surface area contributed by atoms with E-state index in [0.717, 1.165) is 0 Å². The molecule has 88 valence electrons. The quantitative estimate of drug-likeness (QED) is 0.386. The first-order valence-corrected chi connectivity index (χ1v) is 4.93. The second kappa shape index (κ2) is 6.58. The summed E-state index contributed by atoms with van der Waals surface area (Å²) in [5.41, 5.74) is 0.359. The monoisotopic (exact) mass is 216 g/mol. The van der Waals surface area contributed by atoms with Crippen LogP contribution in [0.15, 0.2) is 12.2 Å². The summed E-state index contributed by atoms with van der Waals surface area (Å²) < 4.78 is 15.5. The fourth-order valence-electron chi connectivity index (χ4n) is 0.884. The maximum absolute atomic E-state index is 11.1. The second-order valence-electron chi connectivity index (χ2n) is 3.54. The van der Waals surface area contributed by atoms with E-state index in [2.05, 4.69) is 6.58 Å². The van der Waals surface area contributed by atoms with Gasteiger partial charge in [-0.15, -0.1) is 0 Å². The Labute approximate surface area is 91.2 Å². The van der Waals surface area contributed by atoms with Crippen LogP contribution in [0.5, 0.6) is 0 Å². The number of esters is 1. The molecule has 0 aliphatic heterocycles. The third-order valence-corrected chi connectivity index (χ3v) is 2.06. The molecule has 0 N–H and O–H groups in total. The lowest BCUT2D eigenvalue weighted by molar-refractivity contribution is -0.189. The maximum atomic E-state index is 11.1. The van der Waals surface area contributed by atoms with Crippen LogP contribution in [-0.2, 0) is 19.0 Å². The molecule has 0 aliphatic carbocycles. The van der Waals surface area contributed by atoms with Crippen LogP contribution in [0, 0.1) is 0 Å². The first-order chi connectivity index (χ1) is 6.88. The van der Waals surface area contributed by atoms with Crippen molar-refractivity contribution in [1.82, 2.24) is 0 Å². The van der Waals surface area contributed by atoms with Crippen LogP contribution in [0.25, 0.3) is 0 Å². The fraction of sp³-hybridized carbons (Fsp3) is 0.727. The van der Waals surface area contributed by atoms with Gasteiger partial charge in [0.25, 0.3) is 0 Å². The van der Waals surface area contributed by atoms with Crippen LogP contribution in [0.1, 0.15) is 27.7 Å². The van der Waals surface area contributed by atoms with Crippen molar-refractivity contribution in [2.45, 2.75) is 46.2 Å². The molecule has 4 heteroatoms. The lowest BCUT2D eigenvalue weighted by atomic mass is 10.2. The second-order valence-corrected chi connectivity index (χ2v) is 3.54. The molecule has 0 rings (SSSR count). The largest absolute Gasteiger partial charge is 0.433 e. The van der Waals surface area contributed by atoms with Crippen molar-refractivity contribution < 1.29 is 19.0 Å². The molecule has 0 aliphatic rings. The number of rotatable bonds is 6. The highest BCUT2D eigenvalue weighted by Gasteiger charge is 2.17. The van der Waals surface area contributed by atoms with Crippen molar-refractivity contribution in [3.63, 3.8) is 0 Å². The number of ether oxygens (including phenoxy) is 3. The Balaban J connectivity index is 3.98. The van der Waals surface area contributed by atoms with E-state index >= 15 is 0 Å². The molecule has 0 bridgehead atoms. The smallest absolute Gasteiger partial charge is 0.335 e. The molecule has 0 amide bonds. The summed E-state index contributed by atoms with van der Waals surface area (Å²) in [4.78, 5) is 11.1. The van der Waals surface area contributed by atoms with Gasteiger partial charge < -0.3 is 14.2 Å². The fourth-order valence-corrected chi connectivity index (χ4v) is 0.884. The minimum Gasteiger partial charge on any atom is -0.433 e. The van der Waals surface area contributed by atoms with E-state index in [1.165, 1.54) is 0 Å². The number of hydrogen-bond acceptors (Lipinski definition) is 4. The van der Waals surface area contributed by atoms with E-state index in [1.54, 1.807) is 21.0 Å². The number of carbonyl (C=O) groups excluding carboxylic acids is 1. The molecule has 3 atom stereocenters. The van der Waals surface area contributed by atoms with Gasteiger partial charge in [0.15, 0.2) is 0 Å². The van der Waals surface area contributed by atoms with Crippen LogP contribution in [0.2, 0.25) is 0 Å². The van der Waals surface area contributed by atoms with Crippen LogP contribution >= 0.6 is 0 Å². The molecule has 15 heavy (non-hydrogen) atoms. The first-order valence-electron chi connectivity index (χ1n) is 4.93. The molecule has 0 aromatic rings. The van der Waals surface area contributed by atoms with Gasteiger partial charge in [-0.1, -0.05) is 6.58 Å². The summed E-state index contributed by atoms with van der Waals surface area (Å²) in [6.45, 7) is 10.5. The standard InChI is InChI=1S/C11H20O4/c1-7(2)11(12)15-10(5)14-9(4)8(3)13-6/h8-10H,1H2,2-6H3. The summed E-state index contributed by atoms with van der Waals surface area (Å²) in [5, 5.41) is 0. The van der Waals surface area contributed by atoms with Crippen molar-refractivity contribution >= 4 is 5.97 Å². The van der Waals surface area contributed by atoms with Crippen LogP contribution in [-0.4, -0.2) is 31.6 Å². The van der Waals surface area contributed by atoms with Crippen LogP contribution < -0.4 is 0 Å². The SMILES string of the molecule is C=C(C)C(=O)OC(C)OC(C)C(C)OC. The predicted octanol–water partition coefficient (Wildman–Crippen LogP) is 1.89. The van der Waals surface area contributed by atoms with Gasteiger partial charge in [0.2, 0.25) is 6.29 Å². The van der Waals surface area contributed by atoms with E-state index < -0.39 is 12.3 Å². The Morgan fingerprint density at radius 2 is 1.73 bits per heavy atom. The molecule has 0 radical (unpaired) electrons. The molecular weight excluding hydrogens is 196 g/mol. The molecule has 4 nitrogen and oxygen atoms in total. The van der Waals surface area contributed by atoms with Gasteiger partial charge in [-0.3, -0.25) is 0 Å². The van der Waals surface area contributed by atoms with Gasteiger partial charge in [-0.25, -0.2) is 4.79 Å². The molecule has 0 aromatic carbocycles. The zero-order valence-electron chi connectivity index (χ0n) is 10.1. The summed E-state index contributed by atoms with van der Waals surface area (Å²) in [6.07, 6.45) is -0.777. The van der Waals surface area contributed by atoms with Gasteiger partial charge in [0.05, 0.1) is 12.2 Å². The average Bonchev–Trinajstić information content (AvgIpc) is 2.15. The van der Waals surface area contributed by atoms with Crippen molar-refractivity contribution in [2.24, 2.45) is 0 Å². The highest BCUT2D eigenvalue weighted by molar-refractivity contribution is 5.86. The third kappa shape index (κ3) is 5.54.